The van der Waals surface area contributed by atoms with Crippen molar-refractivity contribution in [3.8, 4) is 0 Å². The third-order valence-electron chi connectivity index (χ3n) is 4.68. The minimum atomic E-state index is -0.598. The smallest absolute Gasteiger partial charge is 0.252 e. The summed E-state index contributed by atoms with van der Waals surface area (Å²) in [6.07, 6.45) is 9.12. The number of likely N-dealkylation sites (N-methyl/N-ethyl adjacent to an activating group) is 1. The van der Waals surface area contributed by atoms with Crippen LogP contribution in [0.15, 0.2) is 18.2 Å². The summed E-state index contributed by atoms with van der Waals surface area (Å²) >= 11 is 0. The van der Waals surface area contributed by atoms with Crippen molar-refractivity contribution in [3.63, 3.8) is 0 Å². The molecule has 0 aliphatic heterocycles. The molecule has 5 nitrogen and oxygen atoms in total. The molecule has 0 radical (unpaired) electrons. The number of nitrogens with one attached hydrogen (secondary N) is 2. The van der Waals surface area contributed by atoms with Gasteiger partial charge in [0.05, 0.1) is 0 Å². The lowest BCUT2D eigenvalue weighted by molar-refractivity contribution is -0.122. The van der Waals surface area contributed by atoms with Gasteiger partial charge in [0.1, 0.15) is 6.04 Å². The monoisotopic (exact) mass is 361 g/mol. The second-order valence-corrected chi connectivity index (χ2v) is 6.88. The van der Waals surface area contributed by atoms with Crippen LogP contribution >= 0.6 is 0 Å². The maximum absolute atomic E-state index is 12.5. The molecule has 0 spiro atoms. The highest BCUT2D eigenvalue weighted by Gasteiger charge is 2.20. The maximum atomic E-state index is 12.5. The largest absolute Gasteiger partial charge is 0.357 e. The molecular weight excluding hydrogens is 326 g/mol. The molecule has 1 atom stereocenters. The number of unbranched alkanes of at least 4 members (excludes halogenated alkanes) is 5. The molecule has 4 N–H and O–H groups in total. The molecule has 0 bridgehead atoms. The van der Waals surface area contributed by atoms with E-state index in [1.165, 1.54) is 44.1 Å². The summed E-state index contributed by atoms with van der Waals surface area (Å²) in [5, 5.41) is 5.35. The second kappa shape index (κ2) is 12.5. The van der Waals surface area contributed by atoms with Crippen molar-refractivity contribution in [2.75, 3.05) is 13.6 Å². The maximum Gasteiger partial charge on any atom is 0.252 e. The highest BCUT2D eigenvalue weighted by Crippen LogP contribution is 2.15. The number of carbonyl (C=O) groups excluding carboxylic acids is 2. The Labute approximate surface area is 158 Å². The van der Waals surface area contributed by atoms with E-state index in [0.29, 0.717) is 18.5 Å². The van der Waals surface area contributed by atoms with E-state index in [2.05, 4.69) is 23.6 Å². The summed E-state index contributed by atoms with van der Waals surface area (Å²) < 4.78 is 0. The Bertz CT molecular complexity index is 572. The zero-order valence-electron chi connectivity index (χ0n) is 16.6. The van der Waals surface area contributed by atoms with Crippen molar-refractivity contribution in [2.45, 2.75) is 71.3 Å². The normalized spacial score (nSPS) is 11.8. The van der Waals surface area contributed by atoms with Crippen LogP contribution in [0.1, 0.15) is 73.4 Å². The predicted octanol–water partition coefficient (Wildman–Crippen LogP) is 3.09. The van der Waals surface area contributed by atoms with Crippen LogP contribution in [-0.2, 0) is 11.2 Å². The average Bonchev–Trinajstić information content (AvgIpc) is 2.63. The minimum absolute atomic E-state index is 0.221. The van der Waals surface area contributed by atoms with Crippen molar-refractivity contribution in [2.24, 2.45) is 5.73 Å². The van der Waals surface area contributed by atoms with E-state index < -0.39 is 6.04 Å². The van der Waals surface area contributed by atoms with E-state index in [4.69, 9.17) is 5.73 Å². The molecule has 1 aromatic carbocycles. The molecule has 0 fully saturated rings. The predicted molar refractivity (Wildman–Crippen MR) is 107 cm³/mol. The van der Waals surface area contributed by atoms with Crippen LogP contribution in [0.4, 0.5) is 0 Å². The Balaban J connectivity index is 2.59. The highest BCUT2D eigenvalue weighted by atomic mass is 16.2. The SMILES string of the molecule is CCCCCCCCc1ccc(C(=O)N[C@@H](CCN)C(=O)NC)c(C)c1. The molecule has 1 aromatic rings. The summed E-state index contributed by atoms with van der Waals surface area (Å²) in [6, 6.07) is 5.37. The molecule has 0 aromatic heterocycles. The number of hydrogen-bond acceptors (Lipinski definition) is 3. The fraction of sp³-hybridized carbons (Fsp3) is 0.619. The highest BCUT2D eigenvalue weighted by molar-refractivity contribution is 5.98. The molecule has 0 aliphatic rings. The fourth-order valence-electron chi connectivity index (χ4n) is 3.09. The van der Waals surface area contributed by atoms with E-state index in [1.807, 2.05) is 19.1 Å². The topological polar surface area (TPSA) is 84.2 Å². The Morgan fingerprint density at radius 3 is 2.42 bits per heavy atom. The van der Waals surface area contributed by atoms with Crippen molar-refractivity contribution in [1.82, 2.24) is 10.6 Å². The van der Waals surface area contributed by atoms with Gasteiger partial charge in [0.2, 0.25) is 5.91 Å². The van der Waals surface area contributed by atoms with Gasteiger partial charge >= 0.3 is 0 Å². The number of aryl methyl sites for hydroxylation is 2. The van der Waals surface area contributed by atoms with Crippen LogP contribution in [0.2, 0.25) is 0 Å². The summed E-state index contributed by atoms with van der Waals surface area (Å²) in [6.45, 7) is 4.51. The first-order valence-electron chi connectivity index (χ1n) is 9.85. The molecule has 146 valence electrons. The summed E-state index contributed by atoms with van der Waals surface area (Å²) in [4.78, 5) is 24.4. The third kappa shape index (κ3) is 7.56. The molecule has 2 amide bonds. The third-order valence-corrected chi connectivity index (χ3v) is 4.68. The van der Waals surface area contributed by atoms with E-state index in [1.54, 1.807) is 7.05 Å². The lowest BCUT2D eigenvalue weighted by Gasteiger charge is -2.17. The Hall–Kier alpha value is -1.88. The van der Waals surface area contributed by atoms with Crippen molar-refractivity contribution < 1.29 is 9.59 Å². The number of amides is 2. The quantitative estimate of drug-likeness (QED) is 0.500. The Kier molecular flexibility index (Phi) is 10.6. The molecule has 26 heavy (non-hydrogen) atoms. The van der Waals surface area contributed by atoms with E-state index in [-0.39, 0.29) is 11.8 Å². The van der Waals surface area contributed by atoms with Gasteiger partial charge in [-0.15, -0.1) is 0 Å². The van der Waals surface area contributed by atoms with Crippen molar-refractivity contribution in [3.05, 3.63) is 34.9 Å². The standard InChI is InChI=1S/C21H35N3O2/c1-4-5-6-7-8-9-10-17-11-12-18(16(2)15-17)20(25)24-19(13-14-22)21(26)23-3/h11-12,15,19H,4-10,13-14,22H2,1-3H3,(H,23,26)(H,24,25)/t19-/m0/s1. The lowest BCUT2D eigenvalue weighted by atomic mass is 9.99. The van der Waals surface area contributed by atoms with E-state index in [9.17, 15) is 9.59 Å². The van der Waals surface area contributed by atoms with Gasteiger partial charge in [0.15, 0.2) is 0 Å². The molecule has 1 rings (SSSR count). The average molecular weight is 362 g/mol. The van der Waals surface area contributed by atoms with Crippen LogP contribution in [0.3, 0.4) is 0 Å². The number of hydrogen-bond donors (Lipinski definition) is 3. The molecule has 5 heteroatoms. The van der Waals surface area contributed by atoms with Crippen LogP contribution in [-0.4, -0.2) is 31.4 Å². The number of nitrogens with two attached hydrogens (primary N) is 1. The summed E-state index contributed by atoms with van der Waals surface area (Å²) in [7, 11) is 1.56. The first-order chi connectivity index (χ1) is 12.5. The minimum Gasteiger partial charge on any atom is -0.357 e. The number of benzene rings is 1. The van der Waals surface area contributed by atoms with Gasteiger partial charge < -0.3 is 16.4 Å². The van der Waals surface area contributed by atoms with Crippen LogP contribution in [0, 0.1) is 6.92 Å². The molecule has 0 saturated carbocycles. The second-order valence-electron chi connectivity index (χ2n) is 6.88. The first-order valence-corrected chi connectivity index (χ1v) is 9.85. The van der Waals surface area contributed by atoms with E-state index in [0.717, 1.165) is 12.0 Å². The van der Waals surface area contributed by atoms with Crippen LogP contribution in [0.5, 0.6) is 0 Å². The summed E-state index contributed by atoms with van der Waals surface area (Å²) in [5.41, 5.74) is 8.36. The Morgan fingerprint density at radius 2 is 1.81 bits per heavy atom. The zero-order valence-corrected chi connectivity index (χ0v) is 16.6. The van der Waals surface area contributed by atoms with Gasteiger partial charge in [0, 0.05) is 12.6 Å². The lowest BCUT2D eigenvalue weighted by Crippen LogP contribution is -2.46. The first kappa shape index (κ1) is 22.2. The van der Waals surface area contributed by atoms with Crippen molar-refractivity contribution >= 4 is 11.8 Å². The fourth-order valence-corrected chi connectivity index (χ4v) is 3.09. The molecule has 0 aliphatic carbocycles. The molecule has 0 heterocycles. The van der Waals surface area contributed by atoms with Gasteiger partial charge in [0.25, 0.3) is 5.91 Å². The molecular formula is C21H35N3O2. The number of carbonyl (C=O) groups is 2. The van der Waals surface area contributed by atoms with Gasteiger partial charge in [-0.3, -0.25) is 9.59 Å². The zero-order chi connectivity index (χ0) is 19.4. The van der Waals surface area contributed by atoms with Gasteiger partial charge in [-0.05, 0) is 49.9 Å². The van der Waals surface area contributed by atoms with Crippen LogP contribution in [0.25, 0.3) is 0 Å². The van der Waals surface area contributed by atoms with Gasteiger partial charge in [-0.25, -0.2) is 0 Å². The molecule has 0 unspecified atom stereocenters. The van der Waals surface area contributed by atoms with Gasteiger partial charge in [-0.1, -0.05) is 51.2 Å². The van der Waals surface area contributed by atoms with Crippen molar-refractivity contribution in [1.29, 1.82) is 0 Å². The molecule has 0 saturated heterocycles. The van der Waals surface area contributed by atoms with Gasteiger partial charge in [-0.2, -0.15) is 0 Å². The number of rotatable bonds is 12. The van der Waals surface area contributed by atoms with Crippen LogP contribution < -0.4 is 16.4 Å². The Morgan fingerprint density at radius 1 is 1.12 bits per heavy atom. The van der Waals surface area contributed by atoms with E-state index >= 15 is 0 Å². The summed E-state index contributed by atoms with van der Waals surface area (Å²) in [5.74, 6) is -0.447.